The number of aromatic nitrogens is 2. The number of carboxylic acids is 1. The van der Waals surface area contributed by atoms with Gasteiger partial charge in [0.25, 0.3) is 0 Å². The van der Waals surface area contributed by atoms with E-state index in [9.17, 15) is 4.79 Å². The largest absolute Gasteiger partial charge is 0.476 e. The fourth-order valence-electron chi connectivity index (χ4n) is 1.31. The molecule has 0 spiro atoms. The summed E-state index contributed by atoms with van der Waals surface area (Å²) in [5, 5.41) is 8.97. The molecule has 80 valence electrons. The zero-order chi connectivity index (χ0) is 11.5. The second-order valence-corrected chi connectivity index (χ2v) is 3.98. The Kier molecular flexibility index (Phi) is 2.96. The van der Waals surface area contributed by atoms with Gasteiger partial charge < -0.3 is 5.11 Å². The number of hydrogen-bond acceptors (Lipinski definition) is 3. The van der Waals surface area contributed by atoms with Crippen LogP contribution in [0.4, 0.5) is 0 Å². The van der Waals surface area contributed by atoms with Gasteiger partial charge in [-0.15, -0.1) is 0 Å². The normalized spacial score (nSPS) is 10.1. The summed E-state index contributed by atoms with van der Waals surface area (Å²) >= 11 is 3.31. The number of carboxylic acid groups (broad SMARTS) is 1. The van der Waals surface area contributed by atoms with Gasteiger partial charge in [-0.3, -0.25) is 4.98 Å². The van der Waals surface area contributed by atoms with Crippen molar-refractivity contribution in [2.45, 2.75) is 0 Å². The molecule has 0 amide bonds. The third-order valence-electron chi connectivity index (χ3n) is 2.02. The van der Waals surface area contributed by atoms with E-state index >= 15 is 0 Å². The fourth-order valence-corrected chi connectivity index (χ4v) is 1.58. The van der Waals surface area contributed by atoms with E-state index in [1.807, 2.05) is 12.1 Å². The Morgan fingerprint density at radius 2 is 1.75 bits per heavy atom. The molecule has 1 aromatic heterocycles. The van der Waals surface area contributed by atoms with Gasteiger partial charge in [-0.05, 0) is 12.1 Å². The Morgan fingerprint density at radius 3 is 2.38 bits per heavy atom. The highest BCUT2D eigenvalue weighted by atomic mass is 79.9. The molecule has 0 fully saturated rings. The molecule has 4 nitrogen and oxygen atoms in total. The first-order chi connectivity index (χ1) is 7.68. The number of halogens is 1. The van der Waals surface area contributed by atoms with Gasteiger partial charge in [0, 0.05) is 22.4 Å². The Labute approximate surface area is 100 Å². The van der Waals surface area contributed by atoms with E-state index < -0.39 is 5.97 Å². The van der Waals surface area contributed by atoms with Crippen molar-refractivity contribution in [1.29, 1.82) is 0 Å². The molecule has 0 saturated heterocycles. The lowest BCUT2D eigenvalue weighted by Crippen LogP contribution is -2.04. The summed E-state index contributed by atoms with van der Waals surface area (Å²) < 4.78 is 0.928. The van der Waals surface area contributed by atoms with Crippen LogP contribution in [0.3, 0.4) is 0 Å². The second-order valence-electron chi connectivity index (χ2n) is 3.07. The lowest BCUT2D eigenvalue weighted by molar-refractivity contribution is 0.0691. The first-order valence-corrected chi connectivity index (χ1v) is 5.28. The lowest BCUT2D eigenvalue weighted by atomic mass is 10.1. The van der Waals surface area contributed by atoms with E-state index in [0.29, 0.717) is 5.69 Å². The van der Waals surface area contributed by atoms with E-state index in [1.165, 1.54) is 12.4 Å². The highest BCUT2D eigenvalue weighted by molar-refractivity contribution is 9.10. The average molecular weight is 279 g/mol. The van der Waals surface area contributed by atoms with Crippen LogP contribution in [0.2, 0.25) is 0 Å². The SMILES string of the molecule is O=C(O)c1nccnc1-c1ccc(Br)cc1. The van der Waals surface area contributed by atoms with E-state index in [-0.39, 0.29) is 5.69 Å². The fraction of sp³-hybridized carbons (Fsp3) is 0. The van der Waals surface area contributed by atoms with E-state index in [4.69, 9.17) is 5.11 Å². The van der Waals surface area contributed by atoms with Crippen LogP contribution >= 0.6 is 15.9 Å². The minimum absolute atomic E-state index is 0.0372. The molecule has 2 rings (SSSR count). The molecule has 0 atom stereocenters. The molecule has 1 heterocycles. The zero-order valence-corrected chi connectivity index (χ0v) is 9.68. The van der Waals surface area contributed by atoms with Gasteiger partial charge in [0.15, 0.2) is 5.69 Å². The highest BCUT2D eigenvalue weighted by Crippen LogP contribution is 2.21. The van der Waals surface area contributed by atoms with Crippen molar-refractivity contribution in [3.63, 3.8) is 0 Å². The first kappa shape index (κ1) is 10.8. The maximum atomic E-state index is 11.0. The molecule has 0 unspecified atom stereocenters. The van der Waals surface area contributed by atoms with Crippen molar-refractivity contribution >= 4 is 21.9 Å². The van der Waals surface area contributed by atoms with Crippen molar-refractivity contribution < 1.29 is 9.90 Å². The Hall–Kier alpha value is -1.75. The Bertz CT molecular complexity index is 526. The van der Waals surface area contributed by atoms with Crippen LogP contribution in [0.25, 0.3) is 11.3 Å². The minimum atomic E-state index is -1.08. The molecule has 1 N–H and O–H groups in total. The summed E-state index contributed by atoms with van der Waals surface area (Å²) in [6.07, 6.45) is 2.84. The van der Waals surface area contributed by atoms with Gasteiger partial charge in [0.1, 0.15) is 5.69 Å². The average Bonchev–Trinajstić information content (AvgIpc) is 2.30. The third kappa shape index (κ3) is 2.09. The number of rotatable bonds is 2. The maximum Gasteiger partial charge on any atom is 0.356 e. The van der Waals surface area contributed by atoms with E-state index in [2.05, 4.69) is 25.9 Å². The molecule has 0 aliphatic rings. The zero-order valence-electron chi connectivity index (χ0n) is 8.09. The number of benzene rings is 1. The molecule has 0 saturated carbocycles. The van der Waals surface area contributed by atoms with Crippen LogP contribution in [0.15, 0.2) is 41.1 Å². The Balaban J connectivity index is 2.55. The van der Waals surface area contributed by atoms with Crippen LogP contribution in [0.1, 0.15) is 10.5 Å². The predicted molar refractivity (Wildman–Crippen MR) is 62.1 cm³/mol. The number of carbonyl (C=O) groups is 1. The van der Waals surface area contributed by atoms with Crippen LogP contribution in [-0.4, -0.2) is 21.0 Å². The molecule has 5 heteroatoms. The van der Waals surface area contributed by atoms with Gasteiger partial charge in [0.2, 0.25) is 0 Å². The topological polar surface area (TPSA) is 63.1 Å². The van der Waals surface area contributed by atoms with Gasteiger partial charge >= 0.3 is 5.97 Å². The van der Waals surface area contributed by atoms with Gasteiger partial charge in [-0.1, -0.05) is 28.1 Å². The minimum Gasteiger partial charge on any atom is -0.476 e. The maximum absolute atomic E-state index is 11.0. The van der Waals surface area contributed by atoms with E-state index in [1.54, 1.807) is 12.1 Å². The van der Waals surface area contributed by atoms with Crippen LogP contribution in [0.5, 0.6) is 0 Å². The first-order valence-electron chi connectivity index (χ1n) is 4.49. The van der Waals surface area contributed by atoms with Crippen molar-refractivity contribution in [1.82, 2.24) is 9.97 Å². The summed E-state index contributed by atoms with van der Waals surface area (Å²) in [5.74, 6) is -1.08. The van der Waals surface area contributed by atoms with Gasteiger partial charge in [0.05, 0.1) is 0 Å². The van der Waals surface area contributed by atoms with E-state index in [0.717, 1.165) is 10.0 Å². The molecule has 16 heavy (non-hydrogen) atoms. The number of nitrogens with zero attached hydrogens (tertiary/aromatic N) is 2. The van der Waals surface area contributed by atoms with Gasteiger partial charge in [-0.2, -0.15) is 0 Å². The molecule has 0 aliphatic carbocycles. The predicted octanol–water partition coefficient (Wildman–Crippen LogP) is 2.60. The summed E-state index contributed by atoms with van der Waals surface area (Å²) in [4.78, 5) is 18.8. The molecule has 2 aromatic rings. The highest BCUT2D eigenvalue weighted by Gasteiger charge is 2.13. The third-order valence-corrected chi connectivity index (χ3v) is 2.55. The number of hydrogen-bond donors (Lipinski definition) is 1. The summed E-state index contributed by atoms with van der Waals surface area (Å²) in [6.45, 7) is 0. The molecular weight excluding hydrogens is 272 g/mol. The summed E-state index contributed by atoms with van der Waals surface area (Å²) in [6, 6.07) is 7.24. The van der Waals surface area contributed by atoms with Crippen molar-refractivity contribution in [2.24, 2.45) is 0 Å². The van der Waals surface area contributed by atoms with Crippen molar-refractivity contribution in [3.05, 3.63) is 46.8 Å². The van der Waals surface area contributed by atoms with Crippen LogP contribution in [0, 0.1) is 0 Å². The van der Waals surface area contributed by atoms with Crippen molar-refractivity contribution in [2.75, 3.05) is 0 Å². The molecule has 0 aliphatic heterocycles. The second kappa shape index (κ2) is 4.40. The summed E-state index contributed by atoms with van der Waals surface area (Å²) in [7, 11) is 0. The Morgan fingerprint density at radius 1 is 1.12 bits per heavy atom. The standard InChI is InChI=1S/C11H7BrN2O2/c12-8-3-1-7(2-4-8)9-10(11(15)16)14-6-5-13-9/h1-6H,(H,15,16). The molecule has 1 aromatic carbocycles. The van der Waals surface area contributed by atoms with Crippen LogP contribution in [-0.2, 0) is 0 Å². The smallest absolute Gasteiger partial charge is 0.356 e. The molecular formula is C11H7BrN2O2. The number of aromatic carboxylic acids is 1. The van der Waals surface area contributed by atoms with Crippen molar-refractivity contribution in [3.8, 4) is 11.3 Å². The van der Waals surface area contributed by atoms with Crippen LogP contribution < -0.4 is 0 Å². The molecule has 0 bridgehead atoms. The monoisotopic (exact) mass is 278 g/mol. The summed E-state index contributed by atoms with van der Waals surface area (Å²) in [5.41, 5.74) is 1.07. The lowest BCUT2D eigenvalue weighted by Gasteiger charge is -2.03. The van der Waals surface area contributed by atoms with Gasteiger partial charge in [-0.25, -0.2) is 9.78 Å². The quantitative estimate of drug-likeness (QED) is 0.917. The molecule has 0 radical (unpaired) electrons.